The van der Waals surface area contributed by atoms with Gasteiger partial charge in [-0.15, -0.1) is 0 Å². The lowest BCUT2D eigenvalue weighted by atomic mass is 10.0. The third kappa shape index (κ3) is 2.54. The highest BCUT2D eigenvalue weighted by Gasteiger charge is 2.34. The van der Waals surface area contributed by atoms with Crippen LogP contribution in [0.5, 0.6) is 0 Å². The van der Waals surface area contributed by atoms with Crippen LogP contribution < -0.4 is 0 Å². The van der Waals surface area contributed by atoms with Crippen LogP contribution in [-0.4, -0.2) is 47.3 Å². The number of sulfonamides is 1. The van der Waals surface area contributed by atoms with Crippen LogP contribution in [0.2, 0.25) is 0 Å². The van der Waals surface area contributed by atoms with Gasteiger partial charge in [-0.25, -0.2) is 13.0 Å². The number of aliphatic hydroxyl groups is 1. The summed E-state index contributed by atoms with van der Waals surface area (Å²) in [7, 11) is -3.67. The maximum atomic E-state index is 12.9. The molecule has 1 N–H and O–H groups in total. The van der Waals surface area contributed by atoms with Gasteiger partial charge in [0.05, 0.1) is 0 Å². The van der Waals surface area contributed by atoms with Crippen LogP contribution in [0.4, 0.5) is 0 Å². The molecule has 2 aromatic rings. The van der Waals surface area contributed by atoms with Crippen LogP contribution in [0.3, 0.4) is 0 Å². The van der Waals surface area contributed by atoms with Crippen LogP contribution in [0, 0.1) is 0 Å². The minimum Gasteiger partial charge on any atom is -0.396 e. The summed E-state index contributed by atoms with van der Waals surface area (Å²) in [5.41, 5.74) is 0.678. The molecule has 2 heterocycles. The van der Waals surface area contributed by atoms with E-state index in [0.29, 0.717) is 18.5 Å². The van der Waals surface area contributed by atoms with Crippen molar-refractivity contribution in [2.75, 3.05) is 13.2 Å². The third-order valence-corrected chi connectivity index (χ3v) is 5.85. The van der Waals surface area contributed by atoms with E-state index < -0.39 is 10.0 Å². The van der Waals surface area contributed by atoms with Crippen molar-refractivity contribution in [3.05, 3.63) is 18.2 Å². The molecule has 0 amide bonds. The topological polar surface area (TPSA) is 96.5 Å². The van der Waals surface area contributed by atoms with E-state index in [0.717, 1.165) is 19.3 Å². The summed E-state index contributed by atoms with van der Waals surface area (Å²) in [5.74, 6) is 0. The maximum absolute atomic E-state index is 12.9. The van der Waals surface area contributed by atoms with E-state index in [-0.39, 0.29) is 23.1 Å². The first-order valence-electron chi connectivity index (χ1n) is 6.98. The Kier molecular flexibility index (Phi) is 3.92. The molecule has 0 bridgehead atoms. The van der Waals surface area contributed by atoms with Crippen LogP contribution in [0.1, 0.15) is 25.7 Å². The fourth-order valence-electron chi connectivity index (χ4n) is 2.84. The Labute approximate surface area is 122 Å². The SMILES string of the molecule is O=S(=O)(c1cccc2nonc12)N1CCCCC1CCO. The van der Waals surface area contributed by atoms with Gasteiger partial charge in [-0.05, 0) is 41.7 Å². The Morgan fingerprint density at radius 1 is 1.33 bits per heavy atom. The first-order valence-corrected chi connectivity index (χ1v) is 8.42. The summed E-state index contributed by atoms with van der Waals surface area (Å²) in [6.45, 7) is 0.446. The minimum absolute atomic E-state index is 0.0214. The van der Waals surface area contributed by atoms with Gasteiger partial charge in [0.15, 0.2) is 5.52 Å². The molecule has 1 aliphatic heterocycles. The zero-order chi connectivity index (χ0) is 14.9. The molecule has 0 saturated carbocycles. The standard InChI is InChI=1S/C13H17N3O4S/c17-9-7-10-4-1-2-8-16(10)21(18,19)12-6-3-5-11-13(12)15-20-14-11/h3,5-6,10,17H,1-2,4,7-9H2. The van der Waals surface area contributed by atoms with E-state index in [4.69, 9.17) is 5.11 Å². The number of hydrogen-bond acceptors (Lipinski definition) is 6. The van der Waals surface area contributed by atoms with E-state index in [1.807, 2.05) is 0 Å². The van der Waals surface area contributed by atoms with Gasteiger partial charge >= 0.3 is 0 Å². The highest BCUT2D eigenvalue weighted by molar-refractivity contribution is 7.89. The molecule has 21 heavy (non-hydrogen) atoms. The van der Waals surface area contributed by atoms with Crippen molar-refractivity contribution in [1.29, 1.82) is 0 Å². The Morgan fingerprint density at radius 3 is 3.00 bits per heavy atom. The number of benzene rings is 1. The molecular weight excluding hydrogens is 294 g/mol. The maximum Gasteiger partial charge on any atom is 0.245 e. The smallest absolute Gasteiger partial charge is 0.245 e. The number of aliphatic hydroxyl groups excluding tert-OH is 1. The van der Waals surface area contributed by atoms with Gasteiger partial charge in [0.1, 0.15) is 10.4 Å². The molecule has 7 nitrogen and oxygen atoms in total. The summed E-state index contributed by atoms with van der Waals surface area (Å²) in [6, 6.07) is 4.65. The molecule has 1 saturated heterocycles. The van der Waals surface area contributed by atoms with E-state index in [2.05, 4.69) is 14.9 Å². The minimum atomic E-state index is -3.67. The molecule has 1 aliphatic rings. The molecule has 1 fully saturated rings. The Bertz CT molecular complexity index is 726. The number of piperidine rings is 1. The Morgan fingerprint density at radius 2 is 2.19 bits per heavy atom. The van der Waals surface area contributed by atoms with Gasteiger partial charge in [-0.1, -0.05) is 12.5 Å². The van der Waals surface area contributed by atoms with Gasteiger partial charge in [0.2, 0.25) is 10.0 Å². The monoisotopic (exact) mass is 311 g/mol. The molecule has 114 valence electrons. The second-order valence-corrected chi connectivity index (χ2v) is 7.02. The zero-order valence-corrected chi connectivity index (χ0v) is 12.3. The number of fused-ring (bicyclic) bond motifs is 1. The van der Waals surface area contributed by atoms with Gasteiger partial charge in [-0.2, -0.15) is 4.31 Å². The summed E-state index contributed by atoms with van der Waals surface area (Å²) in [5, 5.41) is 16.5. The van der Waals surface area contributed by atoms with Crippen molar-refractivity contribution >= 4 is 21.1 Å². The number of nitrogens with zero attached hydrogens (tertiary/aromatic N) is 3. The van der Waals surface area contributed by atoms with E-state index in [1.165, 1.54) is 10.4 Å². The lowest BCUT2D eigenvalue weighted by molar-refractivity contribution is 0.192. The van der Waals surface area contributed by atoms with Crippen LogP contribution in [0.15, 0.2) is 27.7 Å². The van der Waals surface area contributed by atoms with Gasteiger partial charge in [0, 0.05) is 19.2 Å². The van der Waals surface area contributed by atoms with E-state index in [9.17, 15) is 8.42 Å². The molecular formula is C13H17N3O4S. The fourth-order valence-corrected chi connectivity index (χ4v) is 4.71. The van der Waals surface area contributed by atoms with Crippen LogP contribution >= 0.6 is 0 Å². The normalized spacial score (nSPS) is 20.9. The van der Waals surface area contributed by atoms with Crippen molar-refractivity contribution in [2.24, 2.45) is 0 Å². The summed E-state index contributed by atoms with van der Waals surface area (Å²) in [4.78, 5) is 0.117. The van der Waals surface area contributed by atoms with Gasteiger partial charge in [0.25, 0.3) is 0 Å². The number of rotatable bonds is 4. The highest BCUT2D eigenvalue weighted by Crippen LogP contribution is 2.29. The predicted molar refractivity (Wildman–Crippen MR) is 75.0 cm³/mol. The average molecular weight is 311 g/mol. The summed E-state index contributed by atoms with van der Waals surface area (Å²) >= 11 is 0. The average Bonchev–Trinajstić information content (AvgIpc) is 2.96. The van der Waals surface area contributed by atoms with E-state index in [1.54, 1.807) is 12.1 Å². The molecule has 1 aromatic heterocycles. The summed E-state index contributed by atoms with van der Waals surface area (Å²) < 4.78 is 32.0. The van der Waals surface area contributed by atoms with E-state index >= 15 is 0 Å². The molecule has 8 heteroatoms. The van der Waals surface area contributed by atoms with Gasteiger partial charge in [-0.3, -0.25) is 0 Å². The molecule has 0 spiro atoms. The predicted octanol–water partition coefficient (Wildman–Crippen LogP) is 1.15. The Balaban J connectivity index is 2.04. The second kappa shape index (κ2) is 5.70. The lowest BCUT2D eigenvalue weighted by Gasteiger charge is -2.34. The Hall–Kier alpha value is -1.51. The van der Waals surface area contributed by atoms with Crippen molar-refractivity contribution < 1.29 is 18.2 Å². The second-order valence-electron chi connectivity index (χ2n) is 5.17. The van der Waals surface area contributed by atoms with Crippen molar-refractivity contribution in [2.45, 2.75) is 36.6 Å². The molecule has 1 atom stereocenters. The molecule has 1 unspecified atom stereocenters. The lowest BCUT2D eigenvalue weighted by Crippen LogP contribution is -2.44. The number of aromatic nitrogens is 2. The molecule has 1 aromatic carbocycles. The molecule has 3 rings (SSSR count). The van der Waals surface area contributed by atoms with Crippen molar-refractivity contribution in [3.63, 3.8) is 0 Å². The van der Waals surface area contributed by atoms with Crippen LogP contribution in [0.25, 0.3) is 11.0 Å². The van der Waals surface area contributed by atoms with Crippen molar-refractivity contribution in [1.82, 2.24) is 14.6 Å². The van der Waals surface area contributed by atoms with Gasteiger partial charge < -0.3 is 5.11 Å². The highest BCUT2D eigenvalue weighted by atomic mass is 32.2. The third-order valence-electron chi connectivity index (χ3n) is 3.87. The first-order chi connectivity index (χ1) is 10.1. The fraction of sp³-hybridized carbons (Fsp3) is 0.538. The largest absolute Gasteiger partial charge is 0.396 e. The van der Waals surface area contributed by atoms with Crippen LogP contribution in [-0.2, 0) is 10.0 Å². The first kappa shape index (κ1) is 14.4. The zero-order valence-electron chi connectivity index (χ0n) is 11.5. The quantitative estimate of drug-likeness (QED) is 0.909. The van der Waals surface area contributed by atoms with Crippen molar-refractivity contribution in [3.8, 4) is 0 Å². The molecule has 0 radical (unpaired) electrons. The summed E-state index contributed by atoms with van der Waals surface area (Å²) in [6.07, 6.45) is 3.03. The molecule has 0 aliphatic carbocycles. The number of hydrogen-bond donors (Lipinski definition) is 1.